The maximum atomic E-state index is 15.4. The van der Waals surface area contributed by atoms with E-state index < -0.39 is 17.7 Å². The highest BCUT2D eigenvalue weighted by Gasteiger charge is 2.20. The second kappa shape index (κ2) is 12.5. The molecule has 1 atom stereocenters. The lowest BCUT2D eigenvalue weighted by Crippen LogP contribution is -2.12. The molecule has 0 aliphatic rings. The van der Waals surface area contributed by atoms with Gasteiger partial charge in [0.15, 0.2) is 5.13 Å². The third kappa shape index (κ3) is 6.50. The van der Waals surface area contributed by atoms with Crippen LogP contribution in [0.2, 0.25) is 10.0 Å². The summed E-state index contributed by atoms with van der Waals surface area (Å²) < 4.78 is 21.1. The number of nitrogens with one attached hydrogen (secondary N) is 1. The average molecular weight is 551 g/mol. The number of rotatable bonds is 10. The van der Waals surface area contributed by atoms with E-state index in [0.29, 0.717) is 35.4 Å². The number of carboxylic acids is 1. The summed E-state index contributed by atoms with van der Waals surface area (Å²) in [6, 6.07) is 7.89. The number of halogens is 3. The second-order valence-corrected chi connectivity index (χ2v) is 9.63. The summed E-state index contributed by atoms with van der Waals surface area (Å²) in [6.07, 6.45) is 2.45. The van der Waals surface area contributed by atoms with Gasteiger partial charge in [-0.25, -0.2) is 14.2 Å². The van der Waals surface area contributed by atoms with Crippen LogP contribution in [-0.4, -0.2) is 28.6 Å². The van der Waals surface area contributed by atoms with E-state index in [9.17, 15) is 9.59 Å². The molecule has 1 amide bonds. The Morgan fingerprint density at radius 1 is 1.25 bits per heavy atom. The summed E-state index contributed by atoms with van der Waals surface area (Å²) in [5.41, 5.74) is 1.69. The molecule has 0 aliphatic heterocycles. The van der Waals surface area contributed by atoms with Crippen LogP contribution in [0.1, 0.15) is 61.2 Å². The number of benzene rings is 2. The summed E-state index contributed by atoms with van der Waals surface area (Å²) in [5, 5.41) is 13.9. The zero-order chi connectivity index (χ0) is 26.4. The quantitative estimate of drug-likeness (QED) is 0.250. The molecule has 0 spiro atoms. The Bertz CT molecular complexity index is 1290. The van der Waals surface area contributed by atoms with Crippen molar-refractivity contribution < 1.29 is 23.8 Å². The van der Waals surface area contributed by atoms with Crippen LogP contribution in [0.4, 0.5) is 9.52 Å². The lowest BCUT2D eigenvalue weighted by Gasteiger charge is -2.18. The number of hydrogen-bond acceptors (Lipinski definition) is 5. The number of nitrogens with zero attached hydrogens (tertiary/aromatic N) is 1. The lowest BCUT2D eigenvalue weighted by atomic mass is 10.0. The molecule has 0 radical (unpaired) electrons. The largest absolute Gasteiger partial charge is 0.478 e. The third-order valence-corrected chi connectivity index (χ3v) is 6.69. The molecule has 0 saturated carbocycles. The van der Waals surface area contributed by atoms with E-state index in [1.54, 1.807) is 23.6 Å². The maximum Gasteiger partial charge on any atom is 0.331 e. The minimum Gasteiger partial charge on any atom is -0.478 e. The first-order valence-corrected chi connectivity index (χ1v) is 12.9. The number of aliphatic carboxylic acids is 1. The van der Waals surface area contributed by atoms with Crippen LogP contribution in [-0.2, 0) is 9.53 Å². The van der Waals surface area contributed by atoms with Crippen LogP contribution in [0.15, 0.2) is 41.3 Å². The molecule has 10 heteroatoms. The number of anilines is 1. The van der Waals surface area contributed by atoms with Crippen molar-refractivity contribution in [2.45, 2.75) is 39.7 Å². The third-order valence-electron chi connectivity index (χ3n) is 5.31. The van der Waals surface area contributed by atoms with Gasteiger partial charge in [0, 0.05) is 39.8 Å². The Morgan fingerprint density at radius 3 is 2.56 bits per heavy atom. The van der Waals surface area contributed by atoms with Gasteiger partial charge >= 0.3 is 5.97 Å². The van der Waals surface area contributed by atoms with E-state index in [-0.39, 0.29) is 32.4 Å². The number of hydrogen-bond donors (Lipinski definition) is 2. The molecule has 6 nitrogen and oxygen atoms in total. The summed E-state index contributed by atoms with van der Waals surface area (Å²) in [7, 11) is 0. The molecule has 2 N–H and O–H groups in total. The van der Waals surface area contributed by atoms with Crippen LogP contribution < -0.4 is 5.32 Å². The fourth-order valence-electron chi connectivity index (χ4n) is 3.44. The molecule has 190 valence electrons. The van der Waals surface area contributed by atoms with Gasteiger partial charge in [0.05, 0.1) is 21.8 Å². The molecule has 0 fully saturated rings. The summed E-state index contributed by atoms with van der Waals surface area (Å²) >= 11 is 13.6. The highest BCUT2D eigenvalue weighted by Crippen LogP contribution is 2.33. The zero-order valence-electron chi connectivity index (χ0n) is 19.9. The van der Waals surface area contributed by atoms with Gasteiger partial charge in [-0.1, -0.05) is 49.2 Å². The molecule has 0 bridgehead atoms. The average Bonchev–Trinajstić information content (AvgIpc) is 3.30. The first kappa shape index (κ1) is 27.8. The predicted octanol–water partition coefficient (Wildman–Crippen LogP) is 7.87. The number of thiazole rings is 1. The molecule has 2 aromatic carbocycles. The molecular formula is C26H25Cl2FN2O4S. The standard InChI is InChI=1S/C26H25Cl2FN2O4S/c1-4-9-35-22(5-2)17-8-6-7-16(23(17)29)21-13-36-26(30-21)31-24(32)15-11-19(27)18(20(28)12-15)10-14(3)25(33)34/h6-8,10-13,22H,4-5,9H2,1-3H3,(H,33,34)(H,30,31,32)/b14-10+. The minimum atomic E-state index is -1.11. The molecule has 1 aromatic heterocycles. The van der Waals surface area contributed by atoms with Crippen molar-refractivity contribution in [2.24, 2.45) is 0 Å². The van der Waals surface area contributed by atoms with Gasteiger partial charge < -0.3 is 9.84 Å². The number of carbonyl (C=O) groups excluding carboxylic acids is 1. The van der Waals surface area contributed by atoms with Gasteiger partial charge in [-0.2, -0.15) is 0 Å². The molecule has 3 rings (SSSR count). The highest BCUT2D eigenvalue weighted by atomic mass is 35.5. The van der Waals surface area contributed by atoms with Crippen molar-refractivity contribution in [3.05, 3.63) is 73.8 Å². The first-order chi connectivity index (χ1) is 17.2. The Balaban J connectivity index is 1.82. The highest BCUT2D eigenvalue weighted by molar-refractivity contribution is 7.14. The predicted molar refractivity (Wildman–Crippen MR) is 142 cm³/mol. The monoisotopic (exact) mass is 550 g/mol. The fourth-order valence-corrected chi connectivity index (χ4v) is 4.74. The van der Waals surface area contributed by atoms with Gasteiger partial charge in [-0.15, -0.1) is 11.3 Å². The molecule has 36 heavy (non-hydrogen) atoms. The summed E-state index contributed by atoms with van der Waals surface area (Å²) in [6.45, 7) is 5.89. The fraction of sp³-hybridized carbons (Fsp3) is 0.269. The minimum absolute atomic E-state index is 0.0461. The molecular weight excluding hydrogens is 526 g/mol. The van der Waals surface area contributed by atoms with Gasteiger partial charge in [0.1, 0.15) is 5.82 Å². The van der Waals surface area contributed by atoms with Crippen molar-refractivity contribution in [3.8, 4) is 11.3 Å². The van der Waals surface area contributed by atoms with Crippen molar-refractivity contribution in [1.82, 2.24) is 4.98 Å². The molecule has 0 saturated heterocycles. The Hall–Kier alpha value is -2.78. The van der Waals surface area contributed by atoms with Crippen LogP contribution in [0.5, 0.6) is 0 Å². The van der Waals surface area contributed by atoms with E-state index in [0.717, 1.165) is 17.8 Å². The second-order valence-electron chi connectivity index (χ2n) is 7.95. The zero-order valence-corrected chi connectivity index (χ0v) is 22.2. The number of carbonyl (C=O) groups is 2. The summed E-state index contributed by atoms with van der Waals surface area (Å²) in [4.78, 5) is 28.3. The van der Waals surface area contributed by atoms with E-state index in [2.05, 4.69) is 10.3 Å². The summed E-state index contributed by atoms with van der Waals surface area (Å²) in [5.74, 6) is -2.02. The number of amides is 1. The van der Waals surface area contributed by atoms with E-state index >= 15 is 4.39 Å². The Labute approximate surface area is 222 Å². The lowest BCUT2D eigenvalue weighted by molar-refractivity contribution is -0.132. The van der Waals surface area contributed by atoms with Gasteiger partial charge in [-0.3, -0.25) is 10.1 Å². The van der Waals surface area contributed by atoms with E-state index in [1.165, 1.54) is 25.1 Å². The topological polar surface area (TPSA) is 88.5 Å². The molecule has 1 heterocycles. The Morgan fingerprint density at radius 2 is 1.94 bits per heavy atom. The van der Waals surface area contributed by atoms with Gasteiger partial charge in [0.25, 0.3) is 5.91 Å². The van der Waals surface area contributed by atoms with Crippen molar-refractivity contribution in [2.75, 3.05) is 11.9 Å². The number of carboxylic acid groups (broad SMARTS) is 1. The van der Waals surface area contributed by atoms with Gasteiger partial charge in [-0.05, 0) is 44.0 Å². The maximum absolute atomic E-state index is 15.4. The smallest absolute Gasteiger partial charge is 0.331 e. The number of aromatic nitrogens is 1. The van der Waals surface area contributed by atoms with Crippen molar-refractivity contribution in [1.29, 1.82) is 0 Å². The van der Waals surface area contributed by atoms with E-state index in [4.69, 9.17) is 33.0 Å². The van der Waals surface area contributed by atoms with E-state index in [1.807, 2.05) is 13.8 Å². The van der Waals surface area contributed by atoms with Crippen LogP contribution >= 0.6 is 34.5 Å². The first-order valence-electron chi connectivity index (χ1n) is 11.2. The van der Waals surface area contributed by atoms with Crippen LogP contribution in [0.25, 0.3) is 17.3 Å². The molecule has 1 unspecified atom stereocenters. The van der Waals surface area contributed by atoms with Crippen LogP contribution in [0.3, 0.4) is 0 Å². The molecule has 3 aromatic rings. The van der Waals surface area contributed by atoms with Gasteiger partial charge in [0.2, 0.25) is 0 Å². The van der Waals surface area contributed by atoms with Crippen molar-refractivity contribution >= 4 is 57.6 Å². The van der Waals surface area contributed by atoms with Crippen LogP contribution in [0, 0.1) is 5.82 Å². The number of ether oxygens (including phenoxy) is 1. The SMILES string of the molecule is CCCOC(CC)c1cccc(-c2csc(NC(=O)c3cc(Cl)c(/C=C(\C)C(=O)O)c(Cl)c3)n2)c1F. The van der Waals surface area contributed by atoms with Crippen molar-refractivity contribution in [3.63, 3.8) is 0 Å². The Kier molecular flexibility index (Phi) is 9.62. The molecule has 0 aliphatic carbocycles. The normalized spacial score (nSPS) is 12.4.